The second-order valence-corrected chi connectivity index (χ2v) is 5.01. The van der Waals surface area contributed by atoms with E-state index in [0.29, 0.717) is 11.4 Å². The molecule has 6 heteroatoms. The van der Waals surface area contributed by atoms with Crippen LogP contribution >= 0.6 is 0 Å². The summed E-state index contributed by atoms with van der Waals surface area (Å²) in [4.78, 5) is 12.0. The van der Waals surface area contributed by atoms with E-state index in [2.05, 4.69) is 10.4 Å². The number of nitrogens with one attached hydrogen (secondary N) is 1. The van der Waals surface area contributed by atoms with Crippen LogP contribution in [-0.2, 0) is 11.8 Å². The van der Waals surface area contributed by atoms with E-state index in [1.807, 2.05) is 13.8 Å². The number of anilines is 1. The lowest BCUT2D eigenvalue weighted by Crippen LogP contribution is -2.18. The van der Waals surface area contributed by atoms with Crippen molar-refractivity contribution in [2.24, 2.45) is 7.05 Å². The second-order valence-electron chi connectivity index (χ2n) is 5.01. The van der Waals surface area contributed by atoms with Crippen LogP contribution in [0.3, 0.4) is 0 Å². The van der Waals surface area contributed by atoms with Crippen LogP contribution in [0.1, 0.15) is 29.3 Å². The van der Waals surface area contributed by atoms with Crippen LogP contribution in [0.2, 0.25) is 0 Å². The third-order valence-electron chi connectivity index (χ3n) is 3.39. The third kappa shape index (κ3) is 3.46. The van der Waals surface area contributed by atoms with Crippen molar-refractivity contribution in [3.8, 4) is 0 Å². The van der Waals surface area contributed by atoms with Gasteiger partial charge in [0.15, 0.2) is 0 Å². The van der Waals surface area contributed by atoms with Crippen LogP contribution in [0.5, 0.6) is 0 Å². The van der Waals surface area contributed by atoms with Gasteiger partial charge in [0.1, 0.15) is 11.6 Å². The fourth-order valence-corrected chi connectivity index (χ4v) is 2.13. The molecule has 0 aliphatic carbocycles. The Hall–Kier alpha value is -2.21. The molecule has 1 aromatic carbocycles. The average Bonchev–Trinajstić information content (AvgIpc) is 2.65. The van der Waals surface area contributed by atoms with E-state index in [1.165, 1.54) is 18.2 Å². The number of hydrogen-bond acceptors (Lipinski definition) is 3. The van der Waals surface area contributed by atoms with Crippen LogP contribution in [0.4, 0.5) is 10.2 Å². The van der Waals surface area contributed by atoms with Gasteiger partial charge < -0.3 is 10.4 Å². The summed E-state index contributed by atoms with van der Waals surface area (Å²) < 4.78 is 14.7. The molecule has 1 heterocycles. The van der Waals surface area contributed by atoms with Crippen molar-refractivity contribution in [2.75, 3.05) is 5.32 Å². The van der Waals surface area contributed by atoms with Crippen molar-refractivity contribution in [3.05, 3.63) is 46.9 Å². The largest absolute Gasteiger partial charge is 0.388 e. The second kappa shape index (κ2) is 6.05. The van der Waals surface area contributed by atoms with Gasteiger partial charge in [0.25, 0.3) is 0 Å². The van der Waals surface area contributed by atoms with Gasteiger partial charge in [-0.15, -0.1) is 0 Å². The van der Waals surface area contributed by atoms with Crippen LogP contribution in [0.15, 0.2) is 24.3 Å². The number of benzene rings is 1. The Balaban J connectivity index is 2.05. The predicted molar refractivity (Wildman–Crippen MR) is 77.3 cm³/mol. The Morgan fingerprint density at radius 2 is 2.19 bits per heavy atom. The number of rotatable bonds is 4. The van der Waals surface area contributed by atoms with Gasteiger partial charge in [-0.2, -0.15) is 5.10 Å². The lowest BCUT2D eigenvalue weighted by molar-refractivity contribution is -0.118. The molecular formula is C15H18FN3O2. The molecular weight excluding hydrogens is 273 g/mol. The van der Waals surface area contributed by atoms with Crippen molar-refractivity contribution in [1.82, 2.24) is 9.78 Å². The number of hydrogen-bond donors (Lipinski definition) is 2. The number of aliphatic hydroxyl groups excluding tert-OH is 1. The van der Waals surface area contributed by atoms with E-state index in [9.17, 15) is 14.3 Å². The lowest BCUT2D eigenvalue weighted by atomic mass is 10.1. The summed E-state index contributed by atoms with van der Waals surface area (Å²) in [5.41, 5.74) is 2.09. The summed E-state index contributed by atoms with van der Waals surface area (Å²) in [6, 6.07) is 5.59. The molecule has 21 heavy (non-hydrogen) atoms. The summed E-state index contributed by atoms with van der Waals surface area (Å²) in [7, 11) is 1.73. The van der Waals surface area contributed by atoms with Crippen LogP contribution in [-0.4, -0.2) is 20.8 Å². The molecule has 2 aromatic rings. The molecule has 2 N–H and O–H groups in total. The highest BCUT2D eigenvalue weighted by molar-refractivity contribution is 5.91. The van der Waals surface area contributed by atoms with Crippen LogP contribution in [0.25, 0.3) is 0 Å². The molecule has 112 valence electrons. The standard InChI is InChI=1S/C15H18FN3O2/c1-9-10(2)18-19(3)15(9)17-14(21)8-13(20)11-5-4-6-12(16)7-11/h4-7,13,20H,8H2,1-3H3,(H,17,21). The summed E-state index contributed by atoms with van der Waals surface area (Å²) in [6.45, 7) is 3.72. The number of carbonyl (C=O) groups is 1. The molecule has 0 bridgehead atoms. The molecule has 1 atom stereocenters. The third-order valence-corrected chi connectivity index (χ3v) is 3.39. The molecule has 2 rings (SSSR count). The van der Waals surface area contributed by atoms with Gasteiger partial charge in [0.2, 0.25) is 5.91 Å². The van der Waals surface area contributed by atoms with Gasteiger partial charge in [0.05, 0.1) is 18.2 Å². The fourth-order valence-electron chi connectivity index (χ4n) is 2.13. The average molecular weight is 291 g/mol. The van der Waals surface area contributed by atoms with E-state index >= 15 is 0 Å². The van der Waals surface area contributed by atoms with E-state index in [1.54, 1.807) is 17.8 Å². The molecule has 1 amide bonds. The van der Waals surface area contributed by atoms with Crippen molar-refractivity contribution >= 4 is 11.7 Å². The Morgan fingerprint density at radius 3 is 2.76 bits per heavy atom. The minimum absolute atomic E-state index is 0.146. The number of halogens is 1. The van der Waals surface area contributed by atoms with Crippen molar-refractivity contribution in [2.45, 2.75) is 26.4 Å². The maximum atomic E-state index is 13.1. The Kier molecular flexibility index (Phi) is 4.37. The molecule has 1 aromatic heterocycles. The first-order chi connectivity index (χ1) is 9.88. The molecule has 1 unspecified atom stereocenters. The molecule has 0 aliphatic heterocycles. The zero-order valence-corrected chi connectivity index (χ0v) is 12.2. The van der Waals surface area contributed by atoms with Gasteiger partial charge in [-0.3, -0.25) is 9.48 Å². The fraction of sp³-hybridized carbons (Fsp3) is 0.333. The van der Waals surface area contributed by atoms with E-state index in [4.69, 9.17) is 0 Å². The number of aromatic nitrogens is 2. The van der Waals surface area contributed by atoms with Gasteiger partial charge in [0, 0.05) is 12.6 Å². The molecule has 0 radical (unpaired) electrons. The zero-order valence-electron chi connectivity index (χ0n) is 12.2. The maximum absolute atomic E-state index is 13.1. The molecule has 0 fully saturated rings. The molecule has 0 aliphatic rings. The smallest absolute Gasteiger partial charge is 0.228 e. The molecule has 0 saturated carbocycles. The molecule has 5 nitrogen and oxygen atoms in total. The molecule has 0 spiro atoms. The minimum atomic E-state index is -1.05. The first kappa shape index (κ1) is 15.2. The number of aryl methyl sites for hydroxylation is 2. The van der Waals surface area contributed by atoms with Crippen molar-refractivity contribution in [1.29, 1.82) is 0 Å². The highest BCUT2D eigenvalue weighted by Crippen LogP contribution is 2.20. The Labute approximate surface area is 122 Å². The minimum Gasteiger partial charge on any atom is -0.388 e. The lowest BCUT2D eigenvalue weighted by Gasteiger charge is -2.12. The zero-order chi connectivity index (χ0) is 15.6. The topological polar surface area (TPSA) is 67.2 Å². The number of aliphatic hydroxyl groups is 1. The van der Waals surface area contributed by atoms with Gasteiger partial charge in [-0.25, -0.2) is 4.39 Å². The summed E-state index contributed by atoms with van der Waals surface area (Å²) >= 11 is 0. The van der Waals surface area contributed by atoms with E-state index < -0.39 is 11.9 Å². The van der Waals surface area contributed by atoms with Crippen LogP contribution < -0.4 is 5.32 Å². The Bertz CT molecular complexity index is 667. The maximum Gasteiger partial charge on any atom is 0.228 e. The first-order valence-corrected chi connectivity index (χ1v) is 6.62. The predicted octanol–water partition coefficient (Wildman–Crippen LogP) is 2.24. The van der Waals surface area contributed by atoms with Gasteiger partial charge in [-0.1, -0.05) is 12.1 Å². The number of carbonyl (C=O) groups excluding carboxylic acids is 1. The summed E-state index contributed by atoms with van der Waals surface area (Å²) in [5, 5.41) is 16.9. The number of amides is 1. The summed E-state index contributed by atoms with van der Waals surface area (Å²) in [6.07, 6.45) is -1.19. The van der Waals surface area contributed by atoms with Gasteiger partial charge >= 0.3 is 0 Å². The van der Waals surface area contributed by atoms with Gasteiger partial charge in [-0.05, 0) is 31.5 Å². The monoisotopic (exact) mass is 291 g/mol. The van der Waals surface area contributed by atoms with E-state index in [-0.39, 0.29) is 12.3 Å². The van der Waals surface area contributed by atoms with Crippen molar-refractivity contribution < 1.29 is 14.3 Å². The Morgan fingerprint density at radius 1 is 1.48 bits per heavy atom. The summed E-state index contributed by atoms with van der Waals surface area (Å²) in [5.74, 6) is -0.188. The highest BCUT2D eigenvalue weighted by Gasteiger charge is 2.16. The number of nitrogens with zero attached hydrogens (tertiary/aromatic N) is 2. The first-order valence-electron chi connectivity index (χ1n) is 6.62. The quantitative estimate of drug-likeness (QED) is 0.908. The SMILES string of the molecule is Cc1nn(C)c(NC(=O)CC(O)c2cccc(F)c2)c1C. The van der Waals surface area contributed by atoms with Crippen molar-refractivity contribution in [3.63, 3.8) is 0 Å². The van der Waals surface area contributed by atoms with Crippen LogP contribution in [0, 0.1) is 19.7 Å². The van der Waals surface area contributed by atoms with E-state index in [0.717, 1.165) is 11.3 Å². The highest BCUT2D eigenvalue weighted by atomic mass is 19.1. The molecule has 0 saturated heterocycles. The normalized spacial score (nSPS) is 12.2.